The largest absolute Gasteiger partial charge is 0.384 e. The number of aryl methyl sites for hydroxylation is 1. The van der Waals surface area contributed by atoms with E-state index in [1.54, 1.807) is 37.4 Å². The number of para-hydroxylation sites is 1. The second-order valence-electron chi connectivity index (χ2n) is 10.5. The maximum absolute atomic E-state index is 15.1. The lowest BCUT2D eigenvalue weighted by molar-refractivity contribution is -0.371. The van der Waals surface area contributed by atoms with Crippen molar-refractivity contribution in [3.63, 3.8) is 0 Å². The number of nitrogen functional groups attached to an aromatic ring is 1. The lowest BCUT2D eigenvalue weighted by Gasteiger charge is -2.35. The van der Waals surface area contributed by atoms with Crippen molar-refractivity contribution in [3.05, 3.63) is 93.8 Å². The van der Waals surface area contributed by atoms with Crippen LogP contribution in [0.15, 0.2) is 65.6 Å². The van der Waals surface area contributed by atoms with E-state index in [1.165, 1.54) is 6.07 Å². The first-order valence-electron chi connectivity index (χ1n) is 13.4. The van der Waals surface area contributed by atoms with Gasteiger partial charge in [0.1, 0.15) is 11.6 Å². The number of carbonyl (C=O) groups is 1. The molecule has 0 bridgehead atoms. The van der Waals surface area contributed by atoms with Crippen molar-refractivity contribution >= 4 is 33.4 Å². The Morgan fingerprint density at radius 1 is 1.15 bits per heavy atom. The van der Waals surface area contributed by atoms with Crippen LogP contribution in [0.1, 0.15) is 40.9 Å². The average molecular weight is 525 g/mol. The molecule has 2 atom stereocenters. The van der Waals surface area contributed by atoms with Gasteiger partial charge in [0.15, 0.2) is 5.78 Å². The summed E-state index contributed by atoms with van der Waals surface area (Å²) in [6, 6.07) is 16.2. The molecule has 8 heteroatoms. The molecular formula is C31H31FN5O2+. The SMILES string of the molecule is Cc1cc2c(-c3ccc[nH]c3=O)c(C(=O)C3CCC3CC[NH3+])n(Cc3cc(N)nc4ccccc34)c2cc1F. The summed E-state index contributed by atoms with van der Waals surface area (Å²) in [4.78, 5) is 34.7. The molecule has 3 aromatic heterocycles. The first-order valence-corrected chi connectivity index (χ1v) is 13.4. The van der Waals surface area contributed by atoms with E-state index in [-0.39, 0.29) is 35.5 Å². The third-order valence-electron chi connectivity index (χ3n) is 8.14. The second-order valence-corrected chi connectivity index (χ2v) is 10.5. The highest BCUT2D eigenvalue weighted by molar-refractivity contribution is 6.12. The van der Waals surface area contributed by atoms with E-state index in [2.05, 4.69) is 15.7 Å². The molecule has 0 aliphatic heterocycles. The van der Waals surface area contributed by atoms with E-state index in [1.807, 2.05) is 28.8 Å². The monoisotopic (exact) mass is 524 g/mol. The van der Waals surface area contributed by atoms with E-state index >= 15 is 4.39 Å². The molecule has 1 aliphatic carbocycles. The molecule has 0 radical (unpaired) electrons. The van der Waals surface area contributed by atoms with Crippen LogP contribution < -0.4 is 17.0 Å². The van der Waals surface area contributed by atoms with E-state index in [0.29, 0.717) is 39.1 Å². The van der Waals surface area contributed by atoms with Gasteiger partial charge in [-0.2, -0.15) is 0 Å². The number of aromatic amines is 1. The summed E-state index contributed by atoms with van der Waals surface area (Å²) in [5, 5.41) is 1.57. The van der Waals surface area contributed by atoms with Gasteiger partial charge in [-0.3, -0.25) is 9.59 Å². The van der Waals surface area contributed by atoms with Crippen molar-refractivity contribution in [2.75, 3.05) is 12.3 Å². The molecule has 0 spiro atoms. The Labute approximate surface area is 224 Å². The molecule has 198 valence electrons. The van der Waals surface area contributed by atoms with Gasteiger partial charge in [0.05, 0.1) is 23.3 Å². The number of hydrogen-bond acceptors (Lipinski definition) is 4. The first-order chi connectivity index (χ1) is 18.9. The normalized spacial score (nSPS) is 17.0. The fraction of sp³-hybridized carbons (Fsp3) is 0.258. The van der Waals surface area contributed by atoms with E-state index < -0.39 is 0 Å². The number of halogens is 1. The number of fused-ring (bicyclic) bond motifs is 2. The minimum absolute atomic E-state index is 0.0152. The zero-order valence-corrected chi connectivity index (χ0v) is 21.8. The number of aromatic nitrogens is 3. The Kier molecular flexibility index (Phi) is 6.27. The lowest BCUT2D eigenvalue weighted by Crippen LogP contribution is -2.52. The van der Waals surface area contributed by atoms with Crippen LogP contribution in [0.5, 0.6) is 0 Å². The second kappa shape index (κ2) is 9.78. The van der Waals surface area contributed by atoms with E-state index in [0.717, 1.165) is 42.3 Å². The molecule has 3 heterocycles. The summed E-state index contributed by atoms with van der Waals surface area (Å²) in [6.07, 6.45) is 4.21. The van der Waals surface area contributed by atoms with Gasteiger partial charge >= 0.3 is 0 Å². The molecule has 1 aliphatic rings. The van der Waals surface area contributed by atoms with Crippen LogP contribution in [-0.2, 0) is 6.54 Å². The summed E-state index contributed by atoms with van der Waals surface area (Å²) in [6.45, 7) is 2.72. The number of ketones is 1. The quantitative estimate of drug-likeness (QED) is 0.272. The van der Waals surface area contributed by atoms with Gasteiger partial charge in [0.25, 0.3) is 5.56 Å². The highest BCUT2D eigenvalue weighted by atomic mass is 19.1. The van der Waals surface area contributed by atoms with Crippen molar-refractivity contribution in [2.24, 2.45) is 11.8 Å². The van der Waals surface area contributed by atoms with Gasteiger partial charge in [-0.25, -0.2) is 9.37 Å². The molecule has 2 unspecified atom stereocenters. The number of benzene rings is 2. The van der Waals surface area contributed by atoms with E-state index in [4.69, 9.17) is 5.73 Å². The third kappa shape index (κ3) is 4.21. The zero-order chi connectivity index (χ0) is 27.3. The van der Waals surface area contributed by atoms with Crippen LogP contribution in [-0.4, -0.2) is 26.9 Å². The van der Waals surface area contributed by atoms with Gasteiger partial charge in [0, 0.05) is 40.6 Å². The summed E-state index contributed by atoms with van der Waals surface area (Å²) < 4.78 is 17.0. The molecule has 6 N–H and O–H groups in total. The van der Waals surface area contributed by atoms with Crippen LogP contribution >= 0.6 is 0 Å². The molecule has 0 amide bonds. The predicted octanol–water partition coefficient (Wildman–Crippen LogP) is 4.46. The van der Waals surface area contributed by atoms with Crippen molar-refractivity contribution in [3.8, 4) is 11.1 Å². The molecule has 6 rings (SSSR count). The number of rotatable bonds is 7. The van der Waals surface area contributed by atoms with E-state index in [9.17, 15) is 9.59 Å². The highest BCUT2D eigenvalue weighted by Crippen LogP contribution is 2.43. The molecule has 2 aromatic carbocycles. The number of Topliss-reactive ketones (excluding diaryl/α,β-unsaturated/α-hetero) is 1. The number of anilines is 1. The van der Waals surface area contributed by atoms with Crippen molar-refractivity contribution in [1.82, 2.24) is 14.5 Å². The lowest BCUT2D eigenvalue weighted by atomic mass is 9.69. The topological polar surface area (TPSA) is 121 Å². The van der Waals surface area contributed by atoms with Gasteiger partial charge in [-0.15, -0.1) is 0 Å². The smallest absolute Gasteiger partial charge is 0.255 e. The number of quaternary nitrogens is 1. The van der Waals surface area contributed by atoms with Crippen LogP contribution in [0.2, 0.25) is 0 Å². The Balaban J connectivity index is 1.67. The standard InChI is InChI=1S/C31H30FN5O2/c1-17-13-23-26(15-24(17)32)37(16-19-14-27(34)36-25-7-3-2-5-20(19)25)29(28(23)22-6-4-12-35-31(22)39)30(38)21-9-8-18(21)10-11-33/h2-7,12-15,18,21H,8-11,16,33H2,1H3,(H2,34,36)(H,35,39)/p+1. The predicted molar refractivity (Wildman–Crippen MR) is 151 cm³/mol. The molecule has 7 nitrogen and oxygen atoms in total. The van der Waals surface area contributed by atoms with Crippen molar-refractivity contribution in [1.29, 1.82) is 0 Å². The number of H-pyrrole nitrogens is 1. The van der Waals surface area contributed by atoms with Crippen LogP contribution in [0.3, 0.4) is 0 Å². The van der Waals surface area contributed by atoms with Gasteiger partial charge in [0.2, 0.25) is 0 Å². The number of carbonyl (C=O) groups excluding carboxylic acids is 1. The first kappa shape index (κ1) is 25.0. The minimum Gasteiger partial charge on any atom is -0.384 e. The Hall–Kier alpha value is -4.30. The highest BCUT2D eigenvalue weighted by Gasteiger charge is 2.40. The number of hydrogen-bond donors (Lipinski definition) is 3. The zero-order valence-electron chi connectivity index (χ0n) is 21.8. The van der Waals surface area contributed by atoms with Crippen molar-refractivity contribution in [2.45, 2.75) is 32.7 Å². The number of nitrogens with two attached hydrogens (primary N) is 1. The molecular weight excluding hydrogens is 493 g/mol. The number of nitrogens with zero attached hydrogens (tertiary/aromatic N) is 2. The number of nitrogens with one attached hydrogen (secondary N) is 1. The van der Waals surface area contributed by atoms with Crippen LogP contribution in [0.4, 0.5) is 10.2 Å². The molecule has 1 saturated carbocycles. The van der Waals surface area contributed by atoms with Crippen LogP contribution in [0.25, 0.3) is 32.9 Å². The molecule has 39 heavy (non-hydrogen) atoms. The molecule has 1 fully saturated rings. The Morgan fingerprint density at radius 3 is 2.72 bits per heavy atom. The third-order valence-corrected chi connectivity index (χ3v) is 8.14. The minimum atomic E-state index is -0.369. The maximum atomic E-state index is 15.1. The summed E-state index contributed by atoms with van der Waals surface area (Å²) in [5.41, 5.74) is 13.9. The Bertz CT molecular complexity index is 1800. The Morgan fingerprint density at radius 2 is 1.97 bits per heavy atom. The summed E-state index contributed by atoms with van der Waals surface area (Å²) in [7, 11) is 0. The fourth-order valence-corrected chi connectivity index (χ4v) is 6.06. The summed E-state index contributed by atoms with van der Waals surface area (Å²) >= 11 is 0. The van der Waals surface area contributed by atoms with Gasteiger partial charge < -0.3 is 21.0 Å². The van der Waals surface area contributed by atoms with Crippen LogP contribution in [0, 0.1) is 24.6 Å². The number of pyridine rings is 2. The molecule has 0 saturated heterocycles. The molecule has 5 aromatic rings. The maximum Gasteiger partial charge on any atom is 0.255 e. The van der Waals surface area contributed by atoms with Crippen molar-refractivity contribution < 1.29 is 14.9 Å². The average Bonchev–Trinajstić information content (AvgIpc) is 3.19. The van der Waals surface area contributed by atoms with Gasteiger partial charge in [-0.05, 0) is 79.6 Å². The summed E-state index contributed by atoms with van der Waals surface area (Å²) in [5.74, 6) is 0.0649. The van der Waals surface area contributed by atoms with Gasteiger partial charge in [-0.1, -0.05) is 18.2 Å². The fourth-order valence-electron chi connectivity index (χ4n) is 6.06.